The minimum absolute atomic E-state index is 0.259. The number of anilines is 1. The minimum atomic E-state index is -0.394. The number of carbonyl (C=O) groups excluding carboxylic acids is 2. The summed E-state index contributed by atoms with van der Waals surface area (Å²) in [4.78, 5) is 28.7. The Morgan fingerprint density at radius 1 is 1.08 bits per heavy atom. The number of imide groups is 1. The molecule has 1 aliphatic rings. The van der Waals surface area contributed by atoms with Crippen LogP contribution in [0.1, 0.15) is 15.9 Å². The Morgan fingerprint density at radius 2 is 1.72 bits per heavy atom. The third kappa shape index (κ3) is 3.65. The lowest BCUT2D eigenvalue weighted by Crippen LogP contribution is -2.34. The van der Waals surface area contributed by atoms with E-state index in [1.54, 1.807) is 30.3 Å². The lowest BCUT2D eigenvalue weighted by atomic mass is 10.1. The lowest BCUT2D eigenvalue weighted by molar-refractivity contribution is -0.120. The van der Waals surface area contributed by atoms with Gasteiger partial charge >= 0.3 is 0 Å². The average Bonchev–Trinajstić information content (AvgIpc) is 2.89. The number of amides is 2. The molecule has 0 unspecified atom stereocenters. The van der Waals surface area contributed by atoms with Crippen molar-refractivity contribution < 1.29 is 9.59 Å². The summed E-state index contributed by atoms with van der Waals surface area (Å²) in [5, 5.41) is 0. The smallest absolute Gasteiger partial charge is 0.273 e. The van der Waals surface area contributed by atoms with E-state index in [0.29, 0.717) is 10.5 Å². The fourth-order valence-corrected chi connectivity index (χ4v) is 3.63. The van der Waals surface area contributed by atoms with E-state index in [0.717, 1.165) is 27.9 Å². The summed E-state index contributed by atoms with van der Waals surface area (Å²) in [5.74, 6) is -0.769. The predicted molar refractivity (Wildman–Crippen MR) is 107 cm³/mol. The first-order chi connectivity index (χ1) is 12.0. The molecule has 2 aromatic rings. The second-order valence-corrected chi connectivity index (χ2v) is 7.35. The monoisotopic (exact) mass is 368 g/mol. The van der Waals surface area contributed by atoms with Gasteiger partial charge in [-0.25, -0.2) is 4.90 Å². The second kappa shape index (κ2) is 7.21. The molecule has 0 N–H and O–H groups in total. The average molecular weight is 368 g/mol. The third-order valence-corrected chi connectivity index (χ3v) is 5.03. The maximum Gasteiger partial charge on any atom is 0.273 e. The Kier molecular flexibility index (Phi) is 5.01. The van der Waals surface area contributed by atoms with E-state index in [1.165, 1.54) is 0 Å². The molecule has 4 nitrogen and oxygen atoms in total. The zero-order valence-electron chi connectivity index (χ0n) is 13.8. The quantitative estimate of drug-likeness (QED) is 0.468. The largest absolute Gasteiger partial charge is 0.378 e. The topological polar surface area (TPSA) is 40.6 Å². The number of rotatable bonds is 3. The second-order valence-electron chi connectivity index (χ2n) is 5.67. The van der Waals surface area contributed by atoms with Crippen molar-refractivity contribution in [2.75, 3.05) is 19.0 Å². The van der Waals surface area contributed by atoms with Gasteiger partial charge in [-0.2, -0.15) is 0 Å². The van der Waals surface area contributed by atoms with Crippen molar-refractivity contribution in [3.8, 4) is 0 Å². The summed E-state index contributed by atoms with van der Waals surface area (Å²) in [5.41, 5.74) is 2.40. The molecular weight excluding hydrogens is 352 g/mol. The highest BCUT2D eigenvalue weighted by Crippen LogP contribution is 2.33. The number of hydrogen-bond donors (Lipinski definition) is 0. The summed E-state index contributed by atoms with van der Waals surface area (Å²) < 4.78 is 0.259. The molecule has 0 aliphatic carbocycles. The molecule has 0 bridgehead atoms. The van der Waals surface area contributed by atoms with Crippen LogP contribution in [0.2, 0.25) is 0 Å². The van der Waals surface area contributed by atoms with E-state index in [9.17, 15) is 9.59 Å². The number of nitrogens with zero attached hydrogens (tertiary/aromatic N) is 2. The standard InChI is InChI=1S/C19H16N2O2S2/c1-20(2)15-10-8-13(9-11-15)12-16-18(23)21(19(24)25-16)17(22)14-6-4-3-5-7-14/h3-12H,1-2H3/b16-12+. The van der Waals surface area contributed by atoms with Crippen LogP contribution < -0.4 is 4.90 Å². The molecule has 126 valence electrons. The first-order valence-corrected chi connectivity index (χ1v) is 8.84. The van der Waals surface area contributed by atoms with E-state index in [4.69, 9.17) is 12.2 Å². The van der Waals surface area contributed by atoms with Gasteiger partial charge in [-0.1, -0.05) is 54.3 Å². The molecule has 1 heterocycles. The molecule has 2 aromatic carbocycles. The fraction of sp³-hybridized carbons (Fsp3) is 0.105. The van der Waals surface area contributed by atoms with E-state index in [-0.39, 0.29) is 10.2 Å². The zero-order chi connectivity index (χ0) is 18.0. The summed E-state index contributed by atoms with van der Waals surface area (Å²) in [6.45, 7) is 0. The Morgan fingerprint density at radius 3 is 2.32 bits per heavy atom. The minimum Gasteiger partial charge on any atom is -0.378 e. The van der Waals surface area contributed by atoms with Gasteiger partial charge in [0.25, 0.3) is 11.8 Å². The number of carbonyl (C=O) groups is 2. The van der Waals surface area contributed by atoms with Crippen LogP contribution in [0, 0.1) is 0 Å². The van der Waals surface area contributed by atoms with Gasteiger partial charge in [-0.15, -0.1) is 0 Å². The molecule has 0 saturated carbocycles. The molecule has 0 atom stereocenters. The first-order valence-electron chi connectivity index (χ1n) is 7.62. The Bertz CT molecular complexity index is 859. The first kappa shape index (κ1) is 17.4. The molecule has 1 aliphatic heterocycles. The summed E-state index contributed by atoms with van der Waals surface area (Å²) in [6, 6.07) is 16.5. The van der Waals surface area contributed by atoms with Gasteiger partial charge in [0, 0.05) is 25.3 Å². The summed E-state index contributed by atoms with van der Waals surface area (Å²) >= 11 is 6.39. The van der Waals surface area contributed by atoms with Crippen molar-refractivity contribution in [3.05, 3.63) is 70.6 Å². The lowest BCUT2D eigenvalue weighted by Gasteiger charge is -2.12. The Labute approximate surface area is 156 Å². The molecule has 0 radical (unpaired) electrons. The van der Waals surface area contributed by atoms with Crippen molar-refractivity contribution in [2.45, 2.75) is 0 Å². The molecule has 3 rings (SSSR count). The molecule has 2 amide bonds. The van der Waals surface area contributed by atoms with Gasteiger partial charge < -0.3 is 4.90 Å². The van der Waals surface area contributed by atoms with Gasteiger partial charge in [0.1, 0.15) is 0 Å². The van der Waals surface area contributed by atoms with Crippen molar-refractivity contribution in [2.24, 2.45) is 0 Å². The number of thiocarbonyl (C=S) groups is 1. The van der Waals surface area contributed by atoms with Crippen molar-refractivity contribution >= 4 is 51.9 Å². The van der Waals surface area contributed by atoms with Crippen LogP contribution in [0.25, 0.3) is 6.08 Å². The van der Waals surface area contributed by atoms with Crippen LogP contribution in [0.15, 0.2) is 59.5 Å². The molecule has 25 heavy (non-hydrogen) atoms. The van der Waals surface area contributed by atoms with E-state index >= 15 is 0 Å². The molecular formula is C19H16N2O2S2. The van der Waals surface area contributed by atoms with Gasteiger partial charge in [0.05, 0.1) is 4.91 Å². The van der Waals surface area contributed by atoms with Gasteiger partial charge in [0.15, 0.2) is 4.32 Å². The van der Waals surface area contributed by atoms with Gasteiger partial charge in [-0.05, 0) is 35.9 Å². The molecule has 1 saturated heterocycles. The molecule has 1 fully saturated rings. The fourth-order valence-electron chi connectivity index (χ4n) is 2.37. The molecule has 0 spiro atoms. The Balaban J connectivity index is 1.84. The van der Waals surface area contributed by atoms with Crippen LogP contribution in [0.3, 0.4) is 0 Å². The van der Waals surface area contributed by atoms with Gasteiger partial charge in [0.2, 0.25) is 0 Å². The van der Waals surface area contributed by atoms with Crippen LogP contribution in [0.5, 0.6) is 0 Å². The van der Waals surface area contributed by atoms with Crippen LogP contribution in [-0.2, 0) is 4.79 Å². The predicted octanol–water partition coefficient (Wildman–Crippen LogP) is 3.79. The zero-order valence-corrected chi connectivity index (χ0v) is 15.4. The van der Waals surface area contributed by atoms with E-state index in [2.05, 4.69) is 0 Å². The van der Waals surface area contributed by atoms with Crippen LogP contribution in [-0.4, -0.2) is 35.1 Å². The summed E-state index contributed by atoms with van der Waals surface area (Å²) in [7, 11) is 3.94. The highest BCUT2D eigenvalue weighted by Gasteiger charge is 2.37. The normalized spacial score (nSPS) is 15.8. The van der Waals surface area contributed by atoms with Crippen molar-refractivity contribution in [3.63, 3.8) is 0 Å². The SMILES string of the molecule is CN(C)c1ccc(/C=C2/SC(=S)N(C(=O)c3ccccc3)C2=O)cc1. The van der Waals surface area contributed by atoms with Crippen LogP contribution in [0.4, 0.5) is 5.69 Å². The highest BCUT2D eigenvalue weighted by atomic mass is 32.2. The maximum atomic E-state index is 12.6. The third-order valence-electron chi connectivity index (χ3n) is 3.72. The van der Waals surface area contributed by atoms with Gasteiger partial charge in [-0.3, -0.25) is 9.59 Å². The molecule has 6 heteroatoms. The van der Waals surface area contributed by atoms with Crippen molar-refractivity contribution in [1.29, 1.82) is 0 Å². The molecule has 0 aromatic heterocycles. The van der Waals surface area contributed by atoms with Crippen LogP contribution >= 0.6 is 24.0 Å². The van der Waals surface area contributed by atoms with Crippen molar-refractivity contribution in [1.82, 2.24) is 4.90 Å². The van der Waals surface area contributed by atoms with E-state index in [1.807, 2.05) is 49.3 Å². The van der Waals surface area contributed by atoms with E-state index < -0.39 is 5.91 Å². The Hall–Kier alpha value is -2.44. The number of hydrogen-bond acceptors (Lipinski definition) is 5. The maximum absolute atomic E-state index is 12.6. The number of thioether (sulfide) groups is 1. The highest BCUT2D eigenvalue weighted by molar-refractivity contribution is 8.26. The number of benzene rings is 2. The summed E-state index contributed by atoms with van der Waals surface area (Å²) in [6.07, 6.45) is 1.76.